The van der Waals surface area contributed by atoms with Crippen LogP contribution in [0.15, 0.2) is 29.1 Å². The van der Waals surface area contributed by atoms with Crippen LogP contribution in [0.2, 0.25) is 0 Å². The van der Waals surface area contributed by atoms with E-state index in [4.69, 9.17) is 10.2 Å². The number of rotatable bonds is 5. The van der Waals surface area contributed by atoms with Crippen molar-refractivity contribution in [3.63, 3.8) is 0 Å². The van der Waals surface area contributed by atoms with Gasteiger partial charge in [0.1, 0.15) is 28.8 Å². The van der Waals surface area contributed by atoms with Crippen LogP contribution in [0.5, 0.6) is 0 Å². The SMILES string of the molecule is Cc1c(C(=O)N2CCC[C@H]2C(N)=O)sc2ncnc(NCc3ccco3)c12. The second-order valence-electron chi connectivity index (χ2n) is 6.45. The van der Waals surface area contributed by atoms with Crippen molar-refractivity contribution in [1.82, 2.24) is 14.9 Å². The molecule has 0 bridgehead atoms. The van der Waals surface area contributed by atoms with Gasteiger partial charge < -0.3 is 20.4 Å². The molecule has 1 aliphatic heterocycles. The van der Waals surface area contributed by atoms with Crippen molar-refractivity contribution in [3.8, 4) is 0 Å². The molecule has 3 aromatic heterocycles. The Hall–Kier alpha value is -2.94. The van der Waals surface area contributed by atoms with Gasteiger partial charge in [0.15, 0.2) is 0 Å². The number of carbonyl (C=O) groups excluding carboxylic acids is 2. The third kappa shape index (κ3) is 3.14. The number of nitrogens with one attached hydrogen (secondary N) is 1. The number of likely N-dealkylation sites (tertiary alicyclic amines) is 1. The molecular weight excluding hydrogens is 366 g/mol. The summed E-state index contributed by atoms with van der Waals surface area (Å²) in [5.74, 6) is 0.804. The highest BCUT2D eigenvalue weighted by atomic mass is 32.1. The summed E-state index contributed by atoms with van der Waals surface area (Å²) in [5, 5.41) is 4.05. The molecule has 1 saturated heterocycles. The number of carbonyl (C=O) groups is 2. The third-order valence-corrected chi connectivity index (χ3v) is 5.96. The van der Waals surface area contributed by atoms with Crippen LogP contribution in [0.25, 0.3) is 10.2 Å². The van der Waals surface area contributed by atoms with E-state index < -0.39 is 11.9 Å². The van der Waals surface area contributed by atoms with Crippen LogP contribution in [-0.2, 0) is 11.3 Å². The zero-order valence-corrected chi connectivity index (χ0v) is 15.6. The molecule has 27 heavy (non-hydrogen) atoms. The molecule has 0 radical (unpaired) electrons. The van der Waals surface area contributed by atoms with Crippen molar-refractivity contribution >= 4 is 39.2 Å². The highest BCUT2D eigenvalue weighted by Gasteiger charge is 2.35. The molecule has 1 atom stereocenters. The first-order chi connectivity index (χ1) is 13.1. The number of primary amides is 1. The van der Waals surface area contributed by atoms with Gasteiger partial charge in [-0.1, -0.05) is 0 Å². The molecule has 140 valence electrons. The number of nitrogens with zero attached hydrogens (tertiary/aromatic N) is 3. The van der Waals surface area contributed by atoms with Crippen LogP contribution in [0.1, 0.15) is 33.8 Å². The molecule has 2 amide bonds. The molecule has 0 aliphatic carbocycles. The number of aromatic nitrogens is 2. The van der Waals surface area contributed by atoms with Crippen LogP contribution < -0.4 is 11.1 Å². The van der Waals surface area contributed by atoms with Gasteiger partial charge in [-0.05, 0) is 37.5 Å². The second kappa shape index (κ2) is 6.99. The number of anilines is 1. The van der Waals surface area contributed by atoms with Gasteiger partial charge in [0, 0.05) is 6.54 Å². The first-order valence-electron chi connectivity index (χ1n) is 8.67. The third-order valence-electron chi connectivity index (χ3n) is 4.77. The molecule has 4 heterocycles. The fourth-order valence-electron chi connectivity index (χ4n) is 3.43. The van der Waals surface area contributed by atoms with E-state index >= 15 is 0 Å². The minimum absolute atomic E-state index is 0.172. The summed E-state index contributed by atoms with van der Waals surface area (Å²) in [6, 6.07) is 3.16. The summed E-state index contributed by atoms with van der Waals surface area (Å²) < 4.78 is 5.33. The van der Waals surface area contributed by atoms with Gasteiger partial charge in [-0.15, -0.1) is 11.3 Å². The van der Waals surface area contributed by atoms with E-state index in [2.05, 4.69) is 15.3 Å². The first-order valence-corrected chi connectivity index (χ1v) is 9.48. The number of aryl methyl sites for hydroxylation is 1. The van der Waals surface area contributed by atoms with Crippen LogP contribution in [0, 0.1) is 6.92 Å². The minimum atomic E-state index is -0.537. The standard InChI is InChI=1S/C18H19N5O3S/c1-10-13-16(20-8-11-4-3-7-26-11)21-9-22-17(13)27-14(10)18(25)23-6-2-5-12(23)15(19)24/h3-4,7,9,12H,2,5-6,8H2,1H3,(H2,19,24)(H,20,21,22)/t12-/m0/s1. The predicted molar refractivity (Wildman–Crippen MR) is 101 cm³/mol. The van der Waals surface area contributed by atoms with Crippen molar-refractivity contribution < 1.29 is 14.0 Å². The van der Waals surface area contributed by atoms with E-state index in [9.17, 15) is 9.59 Å². The van der Waals surface area contributed by atoms with E-state index in [1.807, 2.05) is 19.1 Å². The Morgan fingerprint density at radius 2 is 2.30 bits per heavy atom. The van der Waals surface area contributed by atoms with E-state index in [1.165, 1.54) is 17.7 Å². The van der Waals surface area contributed by atoms with Crippen molar-refractivity contribution in [3.05, 3.63) is 40.9 Å². The van der Waals surface area contributed by atoms with Crippen molar-refractivity contribution in [2.45, 2.75) is 32.4 Å². The Labute approximate surface area is 159 Å². The minimum Gasteiger partial charge on any atom is -0.467 e. The number of thiophene rings is 1. The van der Waals surface area contributed by atoms with E-state index in [1.54, 1.807) is 11.2 Å². The summed E-state index contributed by atoms with van der Waals surface area (Å²) in [5.41, 5.74) is 6.26. The summed E-state index contributed by atoms with van der Waals surface area (Å²) in [6.45, 7) is 2.89. The number of furan rings is 1. The topological polar surface area (TPSA) is 114 Å². The molecule has 0 unspecified atom stereocenters. The summed E-state index contributed by atoms with van der Waals surface area (Å²) in [7, 11) is 0. The zero-order valence-electron chi connectivity index (χ0n) is 14.8. The molecule has 1 fully saturated rings. The number of amides is 2. The first kappa shape index (κ1) is 17.5. The number of hydrogen-bond donors (Lipinski definition) is 2. The van der Waals surface area contributed by atoms with Gasteiger partial charge in [-0.2, -0.15) is 0 Å². The maximum absolute atomic E-state index is 13.1. The monoisotopic (exact) mass is 385 g/mol. The van der Waals surface area contributed by atoms with Crippen LogP contribution in [0.4, 0.5) is 5.82 Å². The highest BCUT2D eigenvalue weighted by Crippen LogP contribution is 2.35. The van der Waals surface area contributed by atoms with E-state index in [0.717, 1.165) is 28.0 Å². The average molecular weight is 385 g/mol. The van der Waals surface area contributed by atoms with Crippen LogP contribution in [0.3, 0.4) is 0 Å². The van der Waals surface area contributed by atoms with Crippen LogP contribution in [-0.4, -0.2) is 39.3 Å². The summed E-state index contributed by atoms with van der Waals surface area (Å²) >= 11 is 1.31. The second-order valence-corrected chi connectivity index (χ2v) is 7.45. The molecule has 1 aliphatic rings. The number of fused-ring (bicyclic) bond motifs is 1. The molecule has 9 heteroatoms. The van der Waals surface area contributed by atoms with Gasteiger partial charge in [0.05, 0.1) is 23.1 Å². The lowest BCUT2D eigenvalue weighted by Crippen LogP contribution is -2.43. The average Bonchev–Trinajstić information content (AvgIpc) is 3.39. The summed E-state index contributed by atoms with van der Waals surface area (Å²) in [4.78, 5) is 36.2. The summed E-state index contributed by atoms with van der Waals surface area (Å²) in [6.07, 6.45) is 4.48. The lowest BCUT2D eigenvalue weighted by Gasteiger charge is -2.21. The molecular formula is C18H19N5O3S. The number of nitrogens with two attached hydrogens (primary N) is 1. The highest BCUT2D eigenvalue weighted by molar-refractivity contribution is 7.20. The maximum atomic E-state index is 13.1. The molecule has 0 spiro atoms. The number of hydrogen-bond acceptors (Lipinski definition) is 7. The van der Waals surface area contributed by atoms with Gasteiger partial charge in [0.25, 0.3) is 5.91 Å². The Morgan fingerprint density at radius 1 is 1.44 bits per heavy atom. The predicted octanol–water partition coefficient (Wildman–Crippen LogP) is 2.29. The lowest BCUT2D eigenvalue weighted by atomic mass is 10.1. The Bertz CT molecular complexity index is 998. The smallest absolute Gasteiger partial charge is 0.264 e. The van der Waals surface area contributed by atoms with Gasteiger partial charge in [-0.3, -0.25) is 9.59 Å². The van der Waals surface area contributed by atoms with Gasteiger partial charge in [0.2, 0.25) is 5.91 Å². The normalized spacial score (nSPS) is 16.8. The lowest BCUT2D eigenvalue weighted by molar-refractivity contribution is -0.121. The fraction of sp³-hybridized carbons (Fsp3) is 0.333. The fourth-order valence-corrected chi connectivity index (χ4v) is 4.53. The Balaban J connectivity index is 1.66. The molecule has 0 aromatic carbocycles. The molecule has 4 rings (SSSR count). The van der Waals surface area contributed by atoms with E-state index in [0.29, 0.717) is 30.2 Å². The van der Waals surface area contributed by atoms with Crippen molar-refractivity contribution in [2.24, 2.45) is 5.73 Å². The van der Waals surface area contributed by atoms with Gasteiger partial charge in [-0.25, -0.2) is 9.97 Å². The Kier molecular flexibility index (Phi) is 4.53. The van der Waals surface area contributed by atoms with Crippen LogP contribution >= 0.6 is 11.3 Å². The maximum Gasteiger partial charge on any atom is 0.264 e. The molecule has 0 saturated carbocycles. The molecule has 8 nitrogen and oxygen atoms in total. The quantitative estimate of drug-likeness (QED) is 0.696. The van der Waals surface area contributed by atoms with Gasteiger partial charge >= 0.3 is 0 Å². The largest absolute Gasteiger partial charge is 0.467 e. The molecule has 3 N–H and O–H groups in total. The Morgan fingerprint density at radius 3 is 3.04 bits per heavy atom. The molecule has 3 aromatic rings. The van der Waals surface area contributed by atoms with Crippen molar-refractivity contribution in [2.75, 3.05) is 11.9 Å². The zero-order chi connectivity index (χ0) is 19.0. The van der Waals surface area contributed by atoms with E-state index in [-0.39, 0.29) is 5.91 Å². The van der Waals surface area contributed by atoms with Crippen molar-refractivity contribution in [1.29, 1.82) is 0 Å².